The van der Waals surface area contributed by atoms with Crippen molar-refractivity contribution in [1.29, 1.82) is 0 Å². The van der Waals surface area contributed by atoms with Gasteiger partial charge in [-0.2, -0.15) is 4.57 Å². The first-order chi connectivity index (χ1) is 9.84. The van der Waals surface area contributed by atoms with Crippen LogP contribution in [-0.4, -0.2) is 9.55 Å². The summed E-state index contributed by atoms with van der Waals surface area (Å²) in [5, 5.41) is 1.17. The van der Waals surface area contributed by atoms with Crippen LogP contribution in [0.25, 0.3) is 33.6 Å². The average Bonchev–Trinajstić information content (AvgIpc) is 3.10. The van der Waals surface area contributed by atoms with Gasteiger partial charge in [-0.15, -0.1) is 0 Å². The van der Waals surface area contributed by atoms with Crippen LogP contribution in [0.1, 0.15) is 5.56 Å². The van der Waals surface area contributed by atoms with Crippen LogP contribution in [0.4, 0.5) is 0 Å². The maximum absolute atomic E-state index is 6.07. The van der Waals surface area contributed by atoms with Crippen LogP contribution >= 0.6 is 0 Å². The lowest BCUT2D eigenvalue weighted by Crippen LogP contribution is -2.31. The summed E-state index contributed by atoms with van der Waals surface area (Å²) in [7, 11) is 2.10. The van der Waals surface area contributed by atoms with Crippen molar-refractivity contribution in [2.24, 2.45) is 7.05 Å². The zero-order valence-corrected chi connectivity index (χ0v) is 11.0. The van der Waals surface area contributed by atoms with Crippen LogP contribution in [0.15, 0.2) is 47.1 Å². The first kappa shape index (κ1) is 10.2. The molecule has 20 heavy (non-hydrogen) atoms. The predicted molar refractivity (Wildman–Crippen MR) is 75.2 cm³/mol. The van der Waals surface area contributed by atoms with Gasteiger partial charge in [0, 0.05) is 18.0 Å². The standard InChI is InChI=1S/C16H12N3O/c1-18-14-12-4-2-3-5-13(12)20-16(14)19-9-10-8-17-7-6-11(10)15(18)19/h2-8H,9H2,1H3/q+1. The van der Waals surface area contributed by atoms with E-state index in [9.17, 15) is 0 Å². The molecule has 4 nitrogen and oxygen atoms in total. The van der Waals surface area contributed by atoms with Gasteiger partial charge in [-0.05, 0) is 18.2 Å². The number of benzene rings is 1. The van der Waals surface area contributed by atoms with E-state index in [1.807, 2.05) is 24.5 Å². The zero-order chi connectivity index (χ0) is 13.3. The quantitative estimate of drug-likeness (QED) is 0.402. The third-order valence-electron chi connectivity index (χ3n) is 4.18. The van der Waals surface area contributed by atoms with E-state index in [-0.39, 0.29) is 0 Å². The molecule has 0 aliphatic carbocycles. The molecule has 3 aromatic heterocycles. The molecule has 1 aromatic carbocycles. The van der Waals surface area contributed by atoms with Crippen LogP contribution < -0.4 is 4.57 Å². The van der Waals surface area contributed by atoms with Crippen molar-refractivity contribution >= 4 is 22.2 Å². The summed E-state index contributed by atoms with van der Waals surface area (Å²) in [4.78, 5) is 4.22. The van der Waals surface area contributed by atoms with E-state index in [1.165, 1.54) is 22.3 Å². The minimum Gasteiger partial charge on any atom is -0.419 e. The van der Waals surface area contributed by atoms with Gasteiger partial charge in [0.2, 0.25) is 5.52 Å². The zero-order valence-electron chi connectivity index (χ0n) is 11.0. The third-order valence-corrected chi connectivity index (χ3v) is 4.18. The second-order valence-electron chi connectivity index (χ2n) is 5.25. The summed E-state index contributed by atoms with van der Waals surface area (Å²) in [5.41, 5.74) is 5.55. The normalized spacial score (nSPS) is 13.1. The van der Waals surface area contributed by atoms with Crippen molar-refractivity contribution < 1.29 is 8.98 Å². The minimum absolute atomic E-state index is 0.829. The molecule has 0 unspecified atom stereocenters. The molecule has 0 amide bonds. The van der Waals surface area contributed by atoms with Gasteiger partial charge in [-0.1, -0.05) is 12.1 Å². The Bertz CT molecular complexity index is 994. The van der Waals surface area contributed by atoms with Crippen LogP contribution in [0.2, 0.25) is 0 Å². The maximum atomic E-state index is 6.07. The average molecular weight is 262 g/mol. The van der Waals surface area contributed by atoms with Crippen LogP contribution in [0, 0.1) is 0 Å². The van der Waals surface area contributed by atoms with Crippen molar-refractivity contribution in [2.75, 3.05) is 0 Å². The third kappa shape index (κ3) is 1.04. The van der Waals surface area contributed by atoms with Crippen molar-refractivity contribution in [3.8, 4) is 11.4 Å². The molecule has 96 valence electrons. The smallest absolute Gasteiger partial charge is 0.339 e. The van der Waals surface area contributed by atoms with Crippen LogP contribution in [-0.2, 0) is 13.6 Å². The van der Waals surface area contributed by atoms with Gasteiger partial charge in [-0.3, -0.25) is 4.98 Å². The molecule has 4 heteroatoms. The fourth-order valence-electron chi connectivity index (χ4n) is 3.32. The van der Waals surface area contributed by atoms with Crippen LogP contribution in [0.5, 0.6) is 0 Å². The number of rotatable bonds is 0. The number of para-hydroxylation sites is 1. The first-order valence-corrected chi connectivity index (χ1v) is 6.67. The Balaban J connectivity index is 1.98. The molecule has 0 spiro atoms. The highest BCUT2D eigenvalue weighted by Gasteiger charge is 2.35. The van der Waals surface area contributed by atoms with E-state index >= 15 is 0 Å². The number of hydrogen-bond donors (Lipinski definition) is 0. The Hall–Kier alpha value is -2.62. The number of aromatic nitrogens is 3. The lowest BCUT2D eigenvalue weighted by molar-refractivity contribution is -0.652. The van der Waals surface area contributed by atoms with E-state index in [0.29, 0.717) is 0 Å². The molecular formula is C16H12N3O+. The first-order valence-electron chi connectivity index (χ1n) is 6.67. The molecule has 0 saturated carbocycles. The Morgan fingerprint density at radius 1 is 1.25 bits per heavy atom. The summed E-state index contributed by atoms with van der Waals surface area (Å²) in [6.45, 7) is 0.829. The molecule has 1 aliphatic rings. The Kier molecular flexibility index (Phi) is 1.67. The van der Waals surface area contributed by atoms with E-state index in [0.717, 1.165) is 23.4 Å². The van der Waals surface area contributed by atoms with Gasteiger partial charge < -0.3 is 4.42 Å². The van der Waals surface area contributed by atoms with Gasteiger partial charge in [0.1, 0.15) is 12.1 Å². The van der Waals surface area contributed by atoms with Gasteiger partial charge in [0.25, 0.3) is 5.82 Å². The van der Waals surface area contributed by atoms with Gasteiger partial charge >= 0.3 is 5.71 Å². The molecule has 0 N–H and O–H groups in total. The molecule has 0 fully saturated rings. The number of furan rings is 1. The van der Waals surface area contributed by atoms with E-state index < -0.39 is 0 Å². The number of fused-ring (bicyclic) bond motifs is 7. The number of imidazole rings is 1. The van der Waals surface area contributed by atoms with Crippen molar-refractivity contribution in [3.05, 3.63) is 48.3 Å². The number of nitrogens with zero attached hydrogens (tertiary/aromatic N) is 3. The second-order valence-corrected chi connectivity index (χ2v) is 5.25. The lowest BCUT2D eigenvalue weighted by Gasteiger charge is -1.94. The van der Waals surface area contributed by atoms with Crippen molar-refractivity contribution in [1.82, 2.24) is 9.55 Å². The summed E-state index contributed by atoms with van der Waals surface area (Å²) in [6.07, 6.45) is 3.79. The summed E-state index contributed by atoms with van der Waals surface area (Å²) >= 11 is 0. The van der Waals surface area contributed by atoms with Crippen LogP contribution in [0.3, 0.4) is 0 Å². The van der Waals surface area contributed by atoms with Gasteiger partial charge in [-0.25, -0.2) is 4.57 Å². The highest BCUT2D eigenvalue weighted by Crippen LogP contribution is 2.34. The number of aryl methyl sites for hydroxylation is 1. The highest BCUT2D eigenvalue weighted by molar-refractivity contribution is 6.01. The molecule has 0 atom stereocenters. The number of hydrogen-bond acceptors (Lipinski definition) is 2. The maximum Gasteiger partial charge on any atom is 0.339 e. The predicted octanol–water partition coefficient (Wildman–Crippen LogP) is 2.64. The molecule has 0 saturated heterocycles. The monoisotopic (exact) mass is 262 g/mol. The summed E-state index contributed by atoms with van der Waals surface area (Å²) < 4.78 is 10.5. The van der Waals surface area contributed by atoms with E-state index in [4.69, 9.17) is 4.42 Å². The van der Waals surface area contributed by atoms with E-state index in [1.54, 1.807) is 0 Å². The summed E-state index contributed by atoms with van der Waals surface area (Å²) in [6, 6.07) is 10.3. The van der Waals surface area contributed by atoms with Crippen molar-refractivity contribution in [2.45, 2.75) is 6.54 Å². The molecule has 0 bridgehead atoms. The SMILES string of the molecule is Cn1c2[n+](c3oc4ccccc4c31)Cc1cnccc1-2. The second kappa shape index (κ2) is 3.28. The molecule has 0 radical (unpaired) electrons. The summed E-state index contributed by atoms with van der Waals surface area (Å²) in [5.74, 6) is 1.20. The molecule has 4 aromatic rings. The van der Waals surface area contributed by atoms with E-state index in [2.05, 4.69) is 39.4 Å². The molecular weight excluding hydrogens is 250 g/mol. The highest BCUT2D eigenvalue weighted by atomic mass is 16.3. The largest absolute Gasteiger partial charge is 0.419 e. The molecule has 1 aliphatic heterocycles. The molecule has 5 rings (SSSR count). The topological polar surface area (TPSA) is 34.8 Å². The Morgan fingerprint density at radius 3 is 3.10 bits per heavy atom. The Morgan fingerprint density at radius 2 is 2.15 bits per heavy atom. The fourth-order valence-corrected chi connectivity index (χ4v) is 3.32. The van der Waals surface area contributed by atoms with Crippen molar-refractivity contribution in [3.63, 3.8) is 0 Å². The van der Waals surface area contributed by atoms with Gasteiger partial charge in [0.05, 0.1) is 18.0 Å². The Labute approximate surface area is 114 Å². The van der Waals surface area contributed by atoms with Gasteiger partial charge in [0.15, 0.2) is 0 Å². The molecule has 4 heterocycles. The number of pyridine rings is 1. The fraction of sp³-hybridized carbons (Fsp3) is 0.125. The minimum atomic E-state index is 0.829. The lowest BCUT2D eigenvalue weighted by atomic mass is 10.2.